The maximum absolute atomic E-state index is 12.3. The van der Waals surface area contributed by atoms with Crippen molar-refractivity contribution in [1.29, 1.82) is 0 Å². The summed E-state index contributed by atoms with van der Waals surface area (Å²) in [6.45, 7) is 1.16. The van der Waals surface area contributed by atoms with Crippen LogP contribution < -0.4 is 10.6 Å². The number of aromatic nitrogens is 1. The van der Waals surface area contributed by atoms with Crippen LogP contribution in [0.5, 0.6) is 0 Å². The molecule has 23 heavy (non-hydrogen) atoms. The second kappa shape index (κ2) is 8.47. The number of nitrogens with zero attached hydrogens (tertiary/aromatic N) is 2. The Bertz CT molecular complexity index is 529. The average molecular weight is 320 g/mol. The third-order valence-electron chi connectivity index (χ3n) is 3.51. The summed E-state index contributed by atoms with van der Waals surface area (Å²) in [5.41, 5.74) is 0.473. The van der Waals surface area contributed by atoms with Gasteiger partial charge in [-0.3, -0.25) is 9.59 Å². The van der Waals surface area contributed by atoms with Crippen LogP contribution in [0.25, 0.3) is 0 Å². The van der Waals surface area contributed by atoms with Crippen molar-refractivity contribution >= 4 is 17.6 Å². The number of hydrogen-bond acceptors (Lipinski definition) is 5. The van der Waals surface area contributed by atoms with Crippen molar-refractivity contribution in [3.63, 3.8) is 0 Å². The molecule has 1 heterocycles. The maximum atomic E-state index is 12.3. The van der Waals surface area contributed by atoms with E-state index in [1.54, 1.807) is 32.5 Å². The van der Waals surface area contributed by atoms with Gasteiger partial charge in [0.05, 0.1) is 12.1 Å². The Morgan fingerprint density at radius 1 is 1.39 bits per heavy atom. The van der Waals surface area contributed by atoms with Crippen LogP contribution in [-0.4, -0.2) is 61.6 Å². The number of hydrogen-bond donors (Lipinski definition) is 2. The van der Waals surface area contributed by atoms with Gasteiger partial charge in [0.15, 0.2) is 0 Å². The Labute approximate surface area is 136 Å². The first-order valence-electron chi connectivity index (χ1n) is 7.84. The fourth-order valence-electron chi connectivity index (χ4n) is 2.05. The topological polar surface area (TPSA) is 83.6 Å². The summed E-state index contributed by atoms with van der Waals surface area (Å²) in [5.74, 6) is 0.377. The number of nitrogens with one attached hydrogen (secondary N) is 2. The van der Waals surface area contributed by atoms with E-state index in [2.05, 4.69) is 15.6 Å². The van der Waals surface area contributed by atoms with E-state index in [0.717, 1.165) is 12.2 Å². The van der Waals surface area contributed by atoms with Crippen molar-refractivity contribution in [2.75, 3.05) is 39.2 Å². The molecular weight excluding hydrogens is 296 g/mol. The second-order valence-electron chi connectivity index (χ2n) is 5.71. The highest BCUT2D eigenvalue weighted by Gasteiger charge is 2.21. The Morgan fingerprint density at radius 2 is 2.17 bits per heavy atom. The minimum atomic E-state index is -0.220. The maximum Gasteiger partial charge on any atom is 0.255 e. The molecule has 1 fully saturated rings. The normalized spacial score (nSPS) is 13.5. The number of ether oxygens (including phenoxy) is 1. The summed E-state index contributed by atoms with van der Waals surface area (Å²) in [6.07, 6.45) is 4.63. The van der Waals surface area contributed by atoms with Crippen molar-refractivity contribution < 1.29 is 14.3 Å². The summed E-state index contributed by atoms with van der Waals surface area (Å²) < 4.78 is 4.91. The number of anilines is 1. The third kappa shape index (κ3) is 5.86. The van der Waals surface area contributed by atoms with Crippen molar-refractivity contribution in [2.45, 2.75) is 25.3 Å². The van der Waals surface area contributed by atoms with E-state index in [1.165, 1.54) is 17.7 Å². The minimum Gasteiger partial charge on any atom is -0.385 e. The molecule has 1 aliphatic carbocycles. The van der Waals surface area contributed by atoms with Crippen molar-refractivity contribution in [2.24, 2.45) is 0 Å². The number of pyridine rings is 1. The monoisotopic (exact) mass is 320 g/mol. The Morgan fingerprint density at radius 3 is 2.78 bits per heavy atom. The standard InChI is InChI=1S/C16H24N4O3/c1-20(11-15(21)17-8-3-9-23-2)16(22)12-4-7-14(18-10-12)19-13-5-6-13/h4,7,10,13H,3,5-6,8-9,11H2,1-2H3,(H,17,21)(H,18,19). The molecule has 0 saturated heterocycles. The van der Waals surface area contributed by atoms with E-state index >= 15 is 0 Å². The van der Waals surface area contributed by atoms with E-state index in [9.17, 15) is 9.59 Å². The van der Waals surface area contributed by atoms with Crippen LogP contribution >= 0.6 is 0 Å². The summed E-state index contributed by atoms with van der Waals surface area (Å²) in [4.78, 5) is 29.7. The molecule has 1 aliphatic rings. The van der Waals surface area contributed by atoms with E-state index < -0.39 is 0 Å². The molecule has 1 saturated carbocycles. The molecule has 2 rings (SSSR count). The van der Waals surface area contributed by atoms with Crippen LogP contribution in [0.15, 0.2) is 18.3 Å². The molecule has 0 radical (unpaired) electrons. The van der Waals surface area contributed by atoms with Gasteiger partial charge < -0.3 is 20.3 Å². The molecule has 1 aromatic heterocycles. The fourth-order valence-corrected chi connectivity index (χ4v) is 2.05. The van der Waals surface area contributed by atoms with Crippen LogP contribution in [0.3, 0.4) is 0 Å². The molecular formula is C16H24N4O3. The first-order chi connectivity index (χ1) is 11.1. The van der Waals surface area contributed by atoms with Gasteiger partial charge in [0.2, 0.25) is 5.91 Å². The first kappa shape index (κ1) is 17.2. The van der Waals surface area contributed by atoms with Crippen LogP contribution in [0, 0.1) is 0 Å². The molecule has 0 unspecified atom stereocenters. The largest absolute Gasteiger partial charge is 0.385 e. The molecule has 0 bridgehead atoms. The van der Waals surface area contributed by atoms with Gasteiger partial charge in [-0.05, 0) is 31.4 Å². The molecule has 0 aliphatic heterocycles. The lowest BCUT2D eigenvalue weighted by atomic mass is 10.2. The predicted octanol–water partition coefficient (Wildman–Crippen LogP) is 0.881. The number of carbonyl (C=O) groups is 2. The zero-order valence-corrected chi connectivity index (χ0v) is 13.7. The molecule has 7 heteroatoms. The molecule has 2 N–H and O–H groups in total. The summed E-state index contributed by atoms with van der Waals surface area (Å²) in [7, 11) is 3.22. The van der Waals surface area contributed by atoms with Gasteiger partial charge in [0, 0.05) is 39.5 Å². The van der Waals surface area contributed by atoms with Gasteiger partial charge in [-0.1, -0.05) is 0 Å². The van der Waals surface area contributed by atoms with Gasteiger partial charge in [-0.15, -0.1) is 0 Å². The van der Waals surface area contributed by atoms with Gasteiger partial charge in [0.25, 0.3) is 5.91 Å². The number of methoxy groups -OCH3 is 1. The van der Waals surface area contributed by atoms with Gasteiger partial charge >= 0.3 is 0 Å². The molecule has 2 amide bonds. The first-order valence-corrected chi connectivity index (χ1v) is 7.84. The van der Waals surface area contributed by atoms with Crippen molar-refractivity contribution in [3.8, 4) is 0 Å². The minimum absolute atomic E-state index is 0.0217. The number of likely N-dealkylation sites (N-methyl/N-ethyl adjacent to an activating group) is 1. The van der Waals surface area contributed by atoms with Crippen molar-refractivity contribution in [1.82, 2.24) is 15.2 Å². The van der Waals surface area contributed by atoms with Crippen LogP contribution in [0.1, 0.15) is 29.6 Å². The third-order valence-corrected chi connectivity index (χ3v) is 3.51. The fraction of sp³-hybridized carbons (Fsp3) is 0.562. The summed E-state index contributed by atoms with van der Waals surface area (Å²) >= 11 is 0. The molecule has 0 spiro atoms. The van der Waals surface area contributed by atoms with Crippen LogP contribution in [0.4, 0.5) is 5.82 Å². The zero-order valence-electron chi connectivity index (χ0n) is 13.7. The lowest BCUT2D eigenvalue weighted by Gasteiger charge is -2.17. The zero-order chi connectivity index (χ0) is 16.7. The van der Waals surface area contributed by atoms with Crippen LogP contribution in [0.2, 0.25) is 0 Å². The Hall–Kier alpha value is -2.15. The van der Waals surface area contributed by atoms with E-state index in [4.69, 9.17) is 4.74 Å². The van der Waals surface area contributed by atoms with Crippen molar-refractivity contribution in [3.05, 3.63) is 23.9 Å². The van der Waals surface area contributed by atoms with E-state index in [1.807, 2.05) is 0 Å². The second-order valence-corrected chi connectivity index (χ2v) is 5.71. The lowest BCUT2D eigenvalue weighted by Crippen LogP contribution is -2.38. The summed E-state index contributed by atoms with van der Waals surface area (Å²) in [6, 6.07) is 4.05. The number of carbonyl (C=O) groups excluding carboxylic acids is 2. The lowest BCUT2D eigenvalue weighted by molar-refractivity contribution is -0.121. The number of rotatable bonds is 9. The highest BCUT2D eigenvalue weighted by molar-refractivity contribution is 5.96. The van der Waals surface area contributed by atoms with Gasteiger partial charge in [-0.2, -0.15) is 0 Å². The molecule has 126 valence electrons. The molecule has 0 atom stereocenters. The average Bonchev–Trinajstić information content (AvgIpc) is 3.35. The van der Waals surface area contributed by atoms with Gasteiger partial charge in [0.1, 0.15) is 5.82 Å². The van der Waals surface area contributed by atoms with Gasteiger partial charge in [-0.25, -0.2) is 4.98 Å². The Balaban J connectivity index is 1.77. The predicted molar refractivity (Wildman–Crippen MR) is 87.3 cm³/mol. The van der Waals surface area contributed by atoms with Crippen LogP contribution in [-0.2, 0) is 9.53 Å². The highest BCUT2D eigenvalue weighted by atomic mass is 16.5. The molecule has 1 aromatic rings. The molecule has 0 aromatic carbocycles. The quantitative estimate of drug-likeness (QED) is 0.660. The van der Waals surface area contributed by atoms with E-state index in [0.29, 0.717) is 24.8 Å². The Kier molecular flexibility index (Phi) is 6.34. The highest BCUT2D eigenvalue weighted by Crippen LogP contribution is 2.23. The van der Waals surface area contributed by atoms with E-state index in [-0.39, 0.29) is 18.4 Å². The molecule has 7 nitrogen and oxygen atoms in total. The summed E-state index contributed by atoms with van der Waals surface area (Å²) in [5, 5.41) is 6.02. The SMILES string of the molecule is COCCCNC(=O)CN(C)C(=O)c1ccc(NC2CC2)nc1. The smallest absolute Gasteiger partial charge is 0.255 e. The number of amides is 2.